The van der Waals surface area contributed by atoms with Crippen molar-refractivity contribution in [3.8, 4) is 5.75 Å². The maximum atomic E-state index is 12.0. The fourth-order valence-electron chi connectivity index (χ4n) is 2.30. The van der Waals surface area contributed by atoms with E-state index < -0.39 is 18.7 Å². The van der Waals surface area contributed by atoms with Crippen molar-refractivity contribution >= 4 is 0 Å². The van der Waals surface area contributed by atoms with Gasteiger partial charge in [-0.1, -0.05) is 6.07 Å². The number of benzene rings is 1. The zero-order valence-corrected chi connectivity index (χ0v) is 10.5. The van der Waals surface area contributed by atoms with Crippen molar-refractivity contribution in [2.75, 3.05) is 6.61 Å². The normalized spacial score (nSPS) is 19.1. The fourth-order valence-corrected chi connectivity index (χ4v) is 2.30. The van der Waals surface area contributed by atoms with Gasteiger partial charge in [0.2, 0.25) is 0 Å². The molecule has 2 rings (SSSR count). The SMILES string of the molecule is OC1CCCc2ccc(OCCCC(F)(F)F)cc21. The number of rotatable bonds is 4. The molecule has 0 saturated heterocycles. The van der Waals surface area contributed by atoms with E-state index in [9.17, 15) is 18.3 Å². The molecule has 0 bridgehead atoms. The maximum absolute atomic E-state index is 12.0. The summed E-state index contributed by atoms with van der Waals surface area (Å²) in [5, 5.41) is 9.86. The first kappa shape index (κ1) is 14.2. The second-order valence-corrected chi connectivity index (χ2v) is 4.84. The van der Waals surface area contributed by atoms with Gasteiger partial charge in [-0.05, 0) is 48.9 Å². The molecule has 1 aliphatic rings. The van der Waals surface area contributed by atoms with Crippen LogP contribution in [0.15, 0.2) is 18.2 Å². The molecule has 0 radical (unpaired) electrons. The minimum absolute atomic E-state index is 0.0361. The molecule has 0 fully saturated rings. The third kappa shape index (κ3) is 4.13. The van der Waals surface area contributed by atoms with Gasteiger partial charge in [0.15, 0.2) is 0 Å². The summed E-state index contributed by atoms with van der Waals surface area (Å²) in [6.45, 7) is 0.0361. The van der Waals surface area contributed by atoms with Gasteiger partial charge < -0.3 is 9.84 Å². The van der Waals surface area contributed by atoms with Gasteiger partial charge in [0.05, 0.1) is 12.7 Å². The molecule has 1 unspecified atom stereocenters. The molecule has 1 aliphatic carbocycles. The Balaban J connectivity index is 1.89. The number of aliphatic hydroxyl groups excluding tert-OH is 1. The first-order chi connectivity index (χ1) is 8.96. The zero-order chi connectivity index (χ0) is 13.9. The molecular weight excluding hydrogens is 257 g/mol. The molecule has 0 saturated carbocycles. The van der Waals surface area contributed by atoms with E-state index in [1.165, 1.54) is 0 Å². The second kappa shape index (κ2) is 5.82. The summed E-state index contributed by atoms with van der Waals surface area (Å²) in [6.07, 6.45) is -2.88. The Morgan fingerprint density at radius 1 is 1.32 bits per heavy atom. The number of halogens is 3. The van der Waals surface area contributed by atoms with E-state index in [2.05, 4.69) is 0 Å². The summed E-state index contributed by atoms with van der Waals surface area (Å²) in [6, 6.07) is 5.38. The minimum atomic E-state index is -4.13. The van der Waals surface area contributed by atoms with Crippen LogP contribution >= 0.6 is 0 Å². The topological polar surface area (TPSA) is 29.5 Å². The monoisotopic (exact) mass is 274 g/mol. The highest BCUT2D eigenvalue weighted by molar-refractivity contribution is 5.38. The molecule has 2 nitrogen and oxygen atoms in total. The highest BCUT2D eigenvalue weighted by Gasteiger charge is 2.26. The molecular formula is C14H17F3O2. The smallest absolute Gasteiger partial charge is 0.389 e. The van der Waals surface area contributed by atoms with E-state index in [1.54, 1.807) is 12.1 Å². The fraction of sp³-hybridized carbons (Fsp3) is 0.571. The van der Waals surface area contributed by atoms with E-state index in [0.717, 1.165) is 30.4 Å². The van der Waals surface area contributed by atoms with Crippen LogP contribution in [-0.2, 0) is 6.42 Å². The summed E-state index contributed by atoms with van der Waals surface area (Å²) < 4.78 is 41.2. The van der Waals surface area contributed by atoms with Crippen molar-refractivity contribution in [3.05, 3.63) is 29.3 Å². The van der Waals surface area contributed by atoms with Gasteiger partial charge in [0.25, 0.3) is 0 Å². The Kier molecular flexibility index (Phi) is 4.34. The van der Waals surface area contributed by atoms with Crippen molar-refractivity contribution in [1.29, 1.82) is 0 Å². The van der Waals surface area contributed by atoms with Crippen LogP contribution < -0.4 is 4.74 Å². The molecule has 106 valence electrons. The number of aryl methyl sites for hydroxylation is 1. The average molecular weight is 274 g/mol. The molecule has 1 aromatic carbocycles. The lowest BCUT2D eigenvalue weighted by Crippen LogP contribution is -2.11. The molecule has 0 aliphatic heterocycles. The predicted molar refractivity (Wildman–Crippen MR) is 65.1 cm³/mol. The third-order valence-electron chi connectivity index (χ3n) is 3.27. The summed E-state index contributed by atoms with van der Waals surface area (Å²) in [4.78, 5) is 0. The van der Waals surface area contributed by atoms with Crippen LogP contribution in [0, 0.1) is 0 Å². The molecule has 0 spiro atoms. The number of aliphatic hydroxyl groups is 1. The van der Waals surface area contributed by atoms with Crippen LogP contribution in [0.25, 0.3) is 0 Å². The third-order valence-corrected chi connectivity index (χ3v) is 3.27. The van der Waals surface area contributed by atoms with Gasteiger partial charge in [-0.3, -0.25) is 0 Å². The Hall–Kier alpha value is -1.23. The summed E-state index contributed by atoms with van der Waals surface area (Å²) in [5.41, 5.74) is 1.95. The number of hydrogen-bond acceptors (Lipinski definition) is 2. The molecule has 0 aromatic heterocycles. The van der Waals surface area contributed by atoms with Gasteiger partial charge in [-0.25, -0.2) is 0 Å². The Morgan fingerprint density at radius 2 is 2.11 bits per heavy atom. The maximum Gasteiger partial charge on any atom is 0.389 e. The van der Waals surface area contributed by atoms with Crippen LogP contribution in [0.4, 0.5) is 13.2 Å². The standard InChI is InChI=1S/C14H17F3O2/c15-14(16,17)7-2-8-19-11-6-5-10-3-1-4-13(18)12(10)9-11/h5-6,9,13,18H,1-4,7-8H2. The van der Waals surface area contributed by atoms with Crippen LogP contribution in [0.2, 0.25) is 0 Å². The Morgan fingerprint density at radius 3 is 2.84 bits per heavy atom. The number of hydrogen-bond donors (Lipinski definition) is 1. The van der Waals surface area contributed by atoms with Gasteiger partial charge in [0.1, 0.15) is 5.75 Å². The average Bonchev–Trinajstić information content (AvgIpc) is 2.34. The summed E-state index contributed by atoms with van der Waals surface area (Å²) in [5.74, 6) is 0.530. The van der Waals surface area contributed by atoms with Gasteiger partial charge in [0, 0.05) is 6.42 Å². The lowest BCUT2D eigenvalue weighted by atomic mass is 9.89. The number of fused-ring (bicyclic) bond motifs is 1. The minimum Gasteiger partial charge on any atom is -0.494 e. The molecule has 19 heavy (non-hydrogen) atoms. The van der Waals surface area contributed by atoms with Crippen LogP contribution in [0.3, 0.4) is 0 Å². The Labute approximate surface area is 110 Å². The summed E-state index contributed by atoms with van der Waals surface area (Å²) >= 11 is 0. The first-order valence-corrected chi connectivity index (χ1v) is 6.46. The quantitative estimate of drug-likeness (QED) is 0.847. The van der Waals surface area contributed by atoms with E-state index >= 15 is 0 Å². The zero-order valence-electron chi connectivity index (χ0n) is 10.5. The van der Waals surface area contributed by atoms with E-state index in [1.807, 2.05) is 6.07 Å². The molecule has 1 atom stereocenters. The predicted octanol–water partition coefficient (Wildman–Crippen LogP) is 3.78. The first-order valence-electron chi connectivity index (χ1n) is 6.46. The van der Waals surface area contributed by atoms with E-state index in [-0.39, 0.29) is 13.0 Å². The van der Waals surface area contributed by atoms with Crippen molar-refractivity contribution in [1.82, 2.24) is 0 Å². The van der Waals surface area contributed by atoms with E-state index in [4.69, 9.17) is 4.74 Å². The Bertz CT molecular complexity index is 429. The van der Waals surface area contributed by atoms with Crippen molar-refractivity contribution in [2.24, 2.45) is 0 Å². The largest absolute Gasteiger partial charge is 0.494 e. The van der Waals surface area contributed by atoms with Gasteiger partial charge in [-0.2, -0.15) is 13.2 Å². The summed E-state index contributed by atoms with van der Waals surface area (Å²) in [7, 11) is 0. The second-order valence-electron chi connectivity index (χ2n) is 4.84. The number of alkyl halides is 3. The molecule has 1 N–H and O–H groups in total. The highest BCUT2D eigenvalue weighted by Crippen LogP contribution is 2.32. The highest BCUT2D eigenvalue weighted by atomic mass is 19.4. The van der Waals surface area contributed by atoms with Crippen LogP contribution in [0.1, 0.15) is 42.9 Å². The van der Waals surface area contributed by atoms with Gasteiger partial charge >= 0.3 is 6.18 Å². The van der Waals surface area contributed by atoms with Crippen molar-refractivity contribution in [2.45, 2.75) is 44.4 Å². The molecule has 1 aromatic rings. The van der Waals surface area contributed by atoms with E-state index in [0.29, 0.717) is 5.75 Å². The van der Waals surface area contributed by atoms with Crippen molar-refractivity contribution < 1.29 is 23.0 Å². The molecule has 5 heteroatoms. The van der Waals surface area contributed by atoms with Crippen LogP contribution in [-0.4, -0.2) is 17.9 Å². The lowest BCUT2D eigenvalue weighted by molar-refractivity contribution is -0.136. The number of ether oxygens (including phenoxy) is 1. The molecule has 0 amide bonds. The van der Waals surface area contributed by atoms with Crippen molar-refractivity contribution in [3.63, 3.8) is 0 Å². The lowest BCUT2D eigenvalue weighted by Gasteiger charge is -2.22. The molecule has 0 heterocycles. The van der Waals surface area contributed by atoms with Crippen LogP contribution in [0.5, 0.6) is 5.75 Å². The van der Waals surface area contributed by atoms with Gasteiger partial charge in [-0.15, -0.1) is 0 Å².